The second kappa shape index (κ2) is 6.56. The van der Waals surface area contributed by atoms with Gasteiger partial charge in [0.05, 0.1) is 18.9 Å². The van der Waals surface area contributed by atoms with E-state index in [1.54, 1.807) is 0 Å². The van der Waals surface area contributed by atoms with E-state index in [0.29, 0.717) is 12.2 Å². The summed E-state index contributed by atoms with van der Waals surface area (Å²) in [4.78, 5) is 15.4. The lowest BCUT2D eigenvalue weighted by Gasteiger charge is -2.22. The van der Waals surface area contributed by atoms with Crippen molar-refractivity contribution in [2.75, 3.05) is 19.7 Å². The Balaban J connectivity index is 1.74. The van der Waals surface area contributed by atoms with Gasteiger partial charge in [-0.15, -0.1) is 0 Å². The van der Waals surface area contributed by atoms with Crippen molar-refractivity contribution in [2.45, 2.75) is 25.4 Å². The van der Waals surface area contributed by atoms with Crippen LogP contribution in [-0.2, 0) is 4.74 Å². The summed E-state index contributed by atoms with van der Waals surface area (Å²) in [6, 6.07) is 1.21. The molecule has 0 saturated carbocycles. The molecule has 0 aliphatic carbocycles. The first-order valence-electron chi connectivity index (χ1n) is 6.22. The third kappa shape index (κ3) is 3.85. The van der Waals surface area contributed by atoms with E-state index in [2.05, 4.69) is 10.3 Å². The molecule has 5 heteroatoms. The number of Topliss-reactive ketones (excluding diaryl/α,β-unsaturated/α-hetero) is 1. The topological polar surface area (TPSA) is 51.2 Å². The van der Waals surface area contributed by atoms with Gasteiger partial charge in [0, 0.05) is 18.2 Å². The lowest BCUT2D eigenvalue weighted by molar-refractivity contribution is 0.0313. The van der Waals surface area contributed by atoms with Gasteiger partial charge in [-0.05, 0) is 32.0 Å². The van der Waals surface area contributed by atoms with Crippen LogP contribution < -0.4 is 5.32 Å². The van der Waals surface area contributed by atoms with E-state index in [1.807, 2.05) is 0 Å². The maximum atomic E-state index is 12.9. The van der Waals surface area contributed by atoms with Crippen molar-refractivity contribution in [3.05, 3.63) is 29.8 Å². The number of hydrogen-bond acceptors (Lipinski definition) is 4. The van der Waals surface area contributed by atoms with Crippen LogP contribution in [-0.4, -0.2) is 36.6 Å². The number of ketones is 1. The van der Waals surface area contributed by atoms with Crippen LogP contribution in [0.25, 0.3) is 0 Å². The fraction of sp³-hybridized carbons (Fsp3) is 0.538. The van der Waals surface area contributed by atoms with E-state index in [4.69, 9.17) is 4.74 Å². The van der Waals surface area contributed by atoms with E-state index in [-0.39, 0.29) is 18.3 Å². The van der Waals surface area contributed by atoms with Crippen molar-refractivity contribution in [1.29, 1.82) is 0 Å². The summed E-state index contributed by atoms with van der Waals surface area (Å²) in [7, 11) is 0. The molecule has 1 saturated heterocycles. The second-order valence-electron chi connectivity index (χ2n) is 4.39. The summed E-state index contributed by atoms with van der Waals surface area (Å²) < 4.78 is 18.5. The van der Waals surface area contributed by atoms with E-state index in [9.17, 15) is 9.18 Å². The number of nitrogens with zero attached hydrogens (tertiary/aromatic N) is 1. The van der Waals surface area contributed by atoms with Crippen molar-refractivity contribution in [3.63, 3.8) is 0 Å². The Kier molecular flexibility index (Phi) is 4.78. The molecule has 18 heavy (non-hydrogen) atoms. The SMILES string of the molecule is O=C(CCOC1CCNCC1)c1cncc(F)c1. The summed E-state index contributed by atoms with van der Waals surface area (Å²) in [6.07, 6.45) is 4.95. The van der Waals surface area contributed by atoms with Crippen LogP contribution in [0.3, 0.4) is 0 Å². The van der Waals surface area contributed by atoms with Crippen molar-refractivity contribution in [3.8, 4) is 0 Å². The maximum Gasteiger partial charge on any atom is 0.166 e. The Morgan fingerprint density at radius 2 is 2.22 bits per heavy atom. The van der Waals surface area contributed by atoms with Gasteiger partial charge in [-0.1, -0.05) is 0 Å². The Morgan fingerprint density at radius 1 is 1.44 bits per heavy atom. The third-order valence-corrected chi connectivity index (χ3v) is 3.00. The molecule has 1 N–H and O–H groups in total. The highest BCUT2D eigenvalue weighted by Crippen LogP contribution is 2.09. The molecule has 0 spiro atoms. The smallest absolute Gasteiger partial charge is 0.166 e. The number of aromatic nitrogens is 1. The van der Waals surface area contributed by atoms with Gasteiger partial charge in [0.25, 0.3) is 0 Å². The summed E-state index contributed by atoms with van der Waals surface area (Å²) >= 11 is 0. The van der Waals surface area contributed by atoms with Crippen LogP contribution in [0, 0.1) is 5.82 Å². The number of rotatable bonds is 5. The number of ether oxygens (including phenoxy) is 1. The van der Waals surface area contributed by atoms with Gasteiger partial charge in [-0.3, -0.25) is 9.78 Å². The Bertz CT molecular complexity index is 406. The molecule has 0 unspecified atom stereocenters. The number of pyridine rings is 1. The van der Waals surface area contributed by atoms with Gasteiger partial charge in [-0.25, -0.2) is 4.39 Å². The van der Waals surface area contributed by atoms with E-state index < -0.39 is 5.82 Å². The first-order valence-corrected chi connectivity index (χ1v) is 6.22. The molecule has 1 aromatic rings. The van der Waals surface area contributed by atoms with Crippen LogP contribution in [0.1, 0.15) is 29.6 Å². The number of hydrogen-bond donors (Lipinski definition) is 1. The molecule has 1 fully saturated rings. The predicted octanol–water partition coefficient (Wildman–Crippen LogP) is 1.56. The van der Waals surface area contributed by atoms with Gasteiger partial charge in [-0.2, -0.15) is 0 Å². The van der Waals surface area contributed by atoms with Crippen LogP contribution >= 0.6 is 0 Å². The molecule has 2 rings (SSSR count). The Labute approximate surface area is 106 Å². The predicted molar refractivity (Wildman–Crippen MR) is 65.0 cm³/mol. The number of halogens is 1. The standard InChI is InChI=1S/C13H17FN2O2/c14-11-7-10(8-16-9-11)13(17)3-6-18-12-1-4-15-5-2-12/h7-9,12,15H,1-6H2. The highest BCUT2D eigenvalue weighted by molar-refractivity contribution is 5.95. The molecule has 0 bridgehead atoms. The maximum absolute atomic E-state index is 12.9. The fourth-order valence-electron chi connectivity index (χ4n) is 1.99. The summed E-state index contributed by atoms with van der Waals surface area (Å²) in [5.74, 6) is -0.615. The molecule has 0 radical (unpaired) electrons. The number of nitrogens with one attached hydrogen (secondary N) is 1. The van der Waals surface area contributed by atoms with Gasteiger partial charge >= 0.3 is 0 Å². The molecule has 0 amide bonds. The van der Waals surface area contributed by atoms with E-state index in [1.165, 1.54) is 12.3 Å². The molecule has 2 heterocycles. The molecular weight excluding hydrogens is 235 g/mol. The molecule has 1 aliphatic heterocycles. The molecule has 0 aromatic carbocycles. The summed E-state index contributed by atoms with van der Waals surface area (Å²) in [6.45, 7) is 2.32. The Morgan fingerprint density at radius 3 is 2.94 bits per heavy atom. The second-order valence-corrected chi connectivity index (χ2v) is 4.39. The van der Waals surface area contributed by atoms with Gasteiger partial charge in [0.1, 0.15) is 5.82 Å². The lowest BCUT2D eigenvalue weighted by Crippen LogP contribution is -2.32. The van der Waals surface area contributed by atoms with Crippen molar-refractivity contribution in [1.82, 2.24) is 10.3 Å². The number of carbonyl (C=O) groups is 1. The van der Waals surface area contributed by atoms with Crippen LogP contribution in [0.4, 0.5) is 4.39 Å². The third-order valence-electron chi connectivity index (χ3n) is 3.00. The zero-order valence-corrected chi connectivity index (χ0v) is 10.2. The normalized spacial score (nSPS) is 16.7. The highest BCUT2D eigenvalue weighted by Gasteiger charge is 2.14. The van der Waals surface area contributed by atoms with Crippen LogP contribution in [0.2, 0.25) is 0 Å². The summed E-state index contributed by atoms with van der Waals surface area (Å²) in [5.41, 5.74) is 0.309. The van der Waals surface area contributed by atoms with Crippen LogP contribution in [0.15, 0.2) is 18.5 Å². The van der Waals surface area contributed by atoms with Crippen LogP contribution in [0.5, 0.6) is 0 Å². The minimum Gasteiger partial charge on any atom is -0.378 e. The number of carbonyl (C=O) groups excluding carboxylic acids is 1. The fourth-order valence-corrected chi connectivity index (χ4v) is 1.99. The molecule has 98 valence electrons. The monoisotopic (exact) mass is 252 g/mol. The van der Waals surface area contributed by atoms with Gasteiger partial charge in [0.15, 0.2) is 5.78 Å². The van der Waals surface area contributed by atoms with Gasteiger partial charge < -0.3 is 10.1 Å². The average Bonchev–Trinajstić information content (AvgIpc) is 2.40. The quantitative estimate of drug-likeness (QED) is 0.808. The van der Waals surface area contributed by atoms with E-state index >= 15 is 0 Å². The minimum atomic E-state index is -0.486. The molecule has 1 aliphatic rings. The summed E-state index contributed by atoms with van der Waals surface area (Å²) in [5, 5.41) is 3.25. The largest absolute Gasteiger partial charge is 0.378 e. The minimum absolute atomic E-state index is 0.129. The molecule has 4 nitrogen and oxygen atoms in total. The molecular formula is C13H17FN2O2. The van der Waals surface area contributed by atoms with Crippen molar-refractivity contribution >= 4 is 5.78 Å². The van der Waals surface area contributed by atoms with Crippen molar-refractivity contribution in [2.24, 2.45) is 0 Å². The zero-order chi connectivity index (χ0) is 12.8. The highest BCUT2D eigenvalue weighted by atomic mass is 19.1. The zero-order valence-electron chi connectivity index (χ0n) is 10.2. The molecule has 0 atom stereocenters. The lowest BCUT2D eigenvalue weighted by atomic mass is 10.1. The van der Waals surface area contributed by atoms with Crippen molar-refractivity contribution < 1.29 is 13.9 Å². The first-order chi connectivity index (χ1) is 8.75. The number of piperidine rings is 1. The molecule has 1 aromatic heterocycles. The van der Waals surface area contributed by atoms with E-state index in [0.717, 1.165) is 32.1 Å². The Hall–Kier alpha value is -1.33. The van der Waals surface area contributed by atoms with Gasteiger partial charge in [0.2, 0.25) is 0 Å². The first kappa shape index (κ1) is 13.1. The average molecular weight is 252 g/mol.